The van der Waals surface area contributed by atoms with Gasteiger partial charge >= 0.3 is 0 Å². The molecule has 0 bridgehead atoms. The van der Waals surface area contributed by atoms with Crippen molar-refractivity contribution in [3.63, 3.8) is 0 Å². The van der Waals surface area contributed by atoms with E-state index < -0.39 is 17.8 Å². The van der Waals surface area contributed by atoms with Gasteiger partial charge in [0, 0.05) is 17.2 Å². The van der Waals surface area contributed by atoms with Crippen LogP contribution in [0.2, 0.25) is 0 Å². The minimum atomic E-state index is -1.35. The van der Waals surface area contributed by atoms with Crippen molar-refractivity contribution in [1.29, 1.82) is 0 Å². The van der Waals surface area contributed by atoms with E-state index in [9.17, 15) is 13.2 Å². The lowest BCUT2D eigenvalue weighted by Crippen LogP contribution is -2.46. The van der Waals surface area contributed by atoms with E-state index in [4.69, 9.17) is 0 Å². The summed E-state index contributed by atoms with van der Waals surface area (Å²) in [5.41, 5.74) is 0.0679. The van der Waals surface area contributed by atoms with Crippen LogP contribution in [0.15, 0.2) is 18.2 Å². The van der Waals surface area contributed by atoms with Crippen molar-refractivity contribution < 1.29 is 13.2 Å². The van der Waals surface area contributed by atoms with E-state index in [1.807, 2.05) is 0 Å². The largest absolute Gasteiger partial charge is 0.298 e. The third kappa shape index (κ3) is 3.35. The van der Waals surface area contributed by atoms with Crippen LogP contribution in [0.4, 0.5) is 13.2 Å². The highest BCUT2D eigenvalue weighted by Gasteiger charge is 2.32. The highest BCUT2D eigenvalue weighted by molar-refractivity contribution is 5.21. The number of hydrogen-bond donors (Lipinski definition) is 0. The molecule has 0 radical (unpaired) electrons. The predicted octanol–water partition coefficient (Wildman–Crippen LogP) is 4.49. The van der Waals surface area contributed by atoms with E-state index >= 15 is 0 Å². The predicted molar refractivity (Wildman–Crippen MR) is 74.3 cm³/mol. The number of rotatable bonds is 2. The van der Waals surface area contributed by atoms with Crippen molar-refractivity contribution >= 4 is 0 Å². The number of likely N-dealkylation sites (tertiary alicyclic amines) is 1. The van der Waals surface area contributed by atoms with Crippen LogP contribution in [0.3, 0.4) is 0 Å². The summed E-state index contributed by atoms with van der Waals surface area (Å²) in [6, 6.07) is 3.10. The molecular formula is C16H22F3N. The third-order valence-electron chi connectivity index (χ3n) is 4.16. The van der Waals surface area contributed by atoms with Gasteiger partial charge in [0.05, 0.1) is 0 Å². The average Bonchev–Trinajstić information content (AvgIpc) is 2.37. The fraction of sp³-hybridized carbons (Fsp3) is 0.625. The topological polar surface area (TPSA) is 3.24 Å². The van der Waals surface area contributed by atoms with Gasteiger partial charge in [0.2, 0.25) is 0 Å². The number of halogens is 3. The summed E-state index contributed by atoms with van der Waals surface area (Å²) in [6.07, 6.45) is 0.0579. The van der Waals surface area contributed by atoms with Crippen LogP contribution in [0.25, 0.3) is 0 Å². The van der Waals surface area contributed by atoms with E-state index in [-0.39, 0.29) is 17.0 Å². The second kappa shape index (κ2) is 5.76. The van der Waals surface area contributed by atoms with Gasteiger partial charge in [0.1, 0.15) is 17.8 Å². The average molecular weight is 285 g/mol. The molecule has 1 atom stereocenters. The molecule has 1 aliphatic heterocycles. The highest BCUT2D eigenvalue weighted by Crippen LogP contribution is 2.36. The standard InChI is InChI=1S/C16H22F3N/c1-16(2,3)20-8-6-11(7-9-20)15(19)13-5-4-12(17)10-14(13)18/h4-5,10-11,15H,6-9H2,1-3H3/t15-/m0/s1. The van der Waals surface area contributed by atoms with Gasteiger partial charge in [-0.15, -0.1) is 0 Å². The minimum Gasteiger partial charge on any atom is -0.298 e. The zero-order valence-corrected chi connectivity index (χ0v) is 12.3. The Morgan fingerprint density at radius 1 is 1.15 bits per heavy atom. The maximum absolute atomic E-state index is 14.5. The molecule has 0 aromatic heterocycles. The monoisotopic (exact) mass is 285 g/mol. The Kier molecular flexibility index (Phi) is 4.43. The number of piperidine rings is 1. The number of nitrogens with zero attached hydrogens (tertiary/aromatic N) is 1. The molecule has 1 aromatic rings. The van der Waals surface area contributed by atoms with Crippen molar-refractivity contribution in [2.75, 3.05) is 13.1 Å². The van der Waals surface area contributed by atoms with Crippen LogP contribution in [-0.4, -0.2) is 23.5 Å². The summed E-state index contributed by atoms with van der Waals surface area (Å²) in [6.45, 7) is 8.05. The Balaban J connectivity index is 2.03. The molecule has 0 unspecified atom stereocenters. The lowest BCUT2D eigenvalue weighted by Gasteiger charge is -2.41. The molecule has 0 aliphatic carbocycles. The van der Waals surface area contributed by atoms with Gasteiger partial charge in [0.15, 0.2) is 0 Å². The second-order valence-electron chi connectivity index (χ2n) is 6.56. The van der Waals surface area contributed by atoms with Gasteiger partial charge in [-0.05, 0) is 58.7 Å². The molecule has 1 aromatic carbocycles. The SMILES string of the molecule is CC(C)(C)N1CCC([C@H](F)c2ccc(F)cc2F)CC1. The zero-order chi connectivity index (χ0) is 14.9. The van der Waals surface area contributed by atoms with Crippen molar-refractivity contribution in [3.05, 3.63) is 35.4 Å². The van der Waals surface area contributed by atoms with Gasteiger partial charge < -0.3 is 0 Å². The van der Waals surface area contributed by atoms with Gasteiger partial charge in [0.25, 0.3) is 0 Å². The lowest BCUT2D eigenvalue weighted by molar-refractivity contribution is 0.0591. The molecule has 1 heterocycles. The Morgan fingerprint density at radius 2 is 1.75 bits per heavy atom. The van der Waals surface area contributed by atoms with Crippen molar-refractivity contribution in [3.8, 4) is 0 Å². The molecule has 0 amide bonds. The fourth-order valence-electron chi connectivity index (χ4n) is 2.84. The zero-order valence-electron chi connectivity index (χ0n) is 12.3. The maximum Gasteiger partial charge on any atom is 0.132 e. The van der Waals surface area contributed by atoms with Gasteiger partial charge in [-0.3, -0.25) is 4.90 Å². The van der Waals surface area contributed by atoms with Gasteiger partial charge in [-0.25, -0.2) is 13.2 Å². The summed E-state index contributed by atoms with van der Waals surface area (Å²) in [7, 11) is 0. The van der Waals surface area contributed by atoms with Crippen molar-refractivity contribution in [2.45, 2.75) is 45.3 Å². The highest BCUT2D eigenvalue weighted by atomic mass is 19.1. The molecule has 0 N–H and O–H groups in total. The molecular weight excluding hydrogens is 263 g/mol. The molecule has 1 aliphatic rings. The quantitative estimate of drug-likeness (QED) is 0.774. The number of benzene rings is 1. The summed E-state index contributed by atoms with van der Waals surface area (Å²) < 4.78 is 41.0. The molecule has 1 nitrogen and oxygen atoms in total. The first kappa shape index (κ1) is 15.4. The summed E-state index contributed by atoms with van der Waals surface area (Å²) in [5.74, 6) is -1.63. The summed E-state index contributed by atoms with van der Waals surface area (Å²) in [4.78, 5) is 2.32. The number of alkyl halides is 1. The maximum atomic E-state index is 14.5. The fourth-order valence-corrected chi connectivity index (χ4v) is 2.84. The normalized spacial score (nSPS) is 20.1. The second-order valence-corrected chi connectivity index (χ2v) is 6.56. The van der Waals surface area contributed by atoms with Crippen LogP contribution in [0.5, 0.6) is 0 Å². The molecule has 1 saturated heterocycles. The van der Waals surface area contributed by atoms with E-state index in [0.29, 0.717) is 12.8 Å². The third-order valence-corrected chi connectivity index (χ3v) is 4.16. The van der Waals surface area contributed by atoms with E-state index in [1.54, 1.807) is 0 Å². The minimum absolute atomic E-state index is 0.0133. The molecule has 1 fully saturated rings. The van der Waals surface area contributed by atoms with E-state index in [1.165, 1.54) is 6.07 Å². The molecule has 0 spiro atoms. The first-order chi connectivity index (χ1) is 9.29. The van der Waals surface area contributed by atoms with Gasteiger partial charge in [-0.2, -0.15) is 0 Å². The van der Waals surface area contributed by atoms with Crippen LogP contribution in [0, 0.1) is 17.6 Å². The van der Waals surface area contributed by atoms with Crippen LogP contribution in [0.1, 0.15) is 45.3 Å². The Bertz CT molecular complexity index is 459. The Labute approximate surface area is 118 Å². The smallest absolute Gasteiger partial charge is 0.132 e. The molecule has 20 heavy (non-hydrogen) atoms. The summed E-state index contributed by atoms with van der Waals surface area (Å²) >= 11 is 0. The molecule has 112 valence electrons. The van der Waals surface area contributed by atoms with Crippen LogP contribution < -0.4 is 0 Å². The molecule has 0 saturated carbocycles. The molecule has 2 rings (SSSR count). The van der Waals surface area contributed by atoms with Crippen LogP contribution in [-0.2, 0) is 0 Å². The summed E-state index contributed by atoms with van der Waals surface area (Å²) in [5, 5.41) is 0. The molecule has 4 heteroatoms. The Morgan fingerprint density at radius 3 is 2.25 bits per heavy atom. The number of hydrogen-bond acceptors (Lipinski definition) is 1. The lowest BCUT2D eigenvalue weighted by atomic mass is 9.86. The van der Waals surface area contributed by atoms with Crippen molar-refractivity contribution in [2.24, 2.45) is 5.92 Å². The van der Waals surface area contributed by atoms with E-state index in [0.717, 1.165) is 25.2 Å². The van der Waals surface area contributed by atoms with Crippen LogP contribution >= 0.6 is 0 Å². The van der Waals surface area contributed by atoms with Gasteiger partial charge in [-0.1, -0.05) is 6.07 Å². The first-order valence-electron chi connectivity index (χ1n) is 7.13. The van der Waals surface area contributed by atoms with E-state index in [2.05, 4.69) is 25.7 Å². The first-order valence-corrected chi connectivity index (χ1v) is 7.13. The van der Waals surface area contributed by atoms with Crippen molar-refractivity contribution in [1.82, 2.24) is 4.90 Å². The Hall–Kier alpha value is -1.03.